The topological polar surface area (TPSA) is 44.0 Å². The molecule has 0 atom stereocenters. The number of halogens is 2. The minimum atomic E-state index is -0.825. The van der Waals surface area contributed by atoms with Gasteiger partial charge in [-0.05, 0) is 56.9 Å². The molecule has 2 N–H and O–H groups in total. The maximum atomic E-state index is 14.7. The maximum absolute atomic E-state index is 14.7. The van der Waals surface area contributed by atoms with E-state index < -0.39 is 11.6 Å². The van der Waals surface area contributed by atoms with Gasteiger partial charge in [0, 0.05) is 41.8 Å². The van der Waals surface area contributed by atoms with Crippen molar-refractivity contribution in [3.8, 4) is 11.1 Å². The molecule has 4 nitrogen and oxygen atoms in total. The first-order chi connectivity index (χ1) is 13.9. The van der Waals surface area contributed by atoms with Gasteiger partial charge in [-0.25, -0.2) is 8.78 Å². The Morgan fingerprint density at radius 2 is 1.90 bits per heavy atom. The smallest absolute Gasteiger partial charge is 0.166 e. The fourth-order valence-corrected chi connectivity index (χ4v) is 3.95. The molecule has 29 heavy (non-hydrogen) atoms. The Bertz CT molecular complexity index is 1050. The number of aromatic amines is 1. The molecule has 1 aliphatic heterocycles. The summed E-state index contributed by atoms with van der Waals surface area (Å²) < 4.78 is 29.2. The predicted molar refractivity (Wildman–Crippen MR) is 115 cm³/mol. The molecule has 0 saturated carbocycles. The van der Waals surface area contributed by atoms with Gasteiger partial charge in [0.1, 0.15) is 5.69 Å². The summed E-state index contributed by atoms with van der Waals surface area (Å²) in [6.45, 7) is 9.85. The van der Waals surface area contributed by atoms with Crippen LogP contribution in [-0.2, 0) is 0 Å². The summed E-state index contributed by atoms with van der Waals surface area (Å²) in [5, 5.41) is 11.4. The molecule has 4 rings (SSSR count). The van der Waals surface area contributed by atoms with Crippen LogP contribution >= 0.6 is 0 Å². The molecule has 0 spiro atoms. The third kappa shape index (κ3) is 3.84. The number of fused-ring (bicyclic) bond motifs is 1. The van der Waals surface area contributed by atoms with Gasteiger partial charge in [0.25, 0.3) is 0 Å². The summed E-state index contributed by atoms with van der Waals surface area (Å²) >= 11 is 0. The standard InChI is InChI=1S/C23H26F2N4/c1-14(2)26-15(3)23-19-11-16(7-8-21(19)27-28-23)18-12-17(13-20(24)22(18)25)29-9-5-4-6-10-29/h7-8,11-14,26H,3-6,9-10H2,1-2H3,(H,27,28). The van der Waals surface area contributed by atoms with Gasteiger partial charge in [-0.3, -0.25) is 5.10 Å². The van der Waals surface area contributed by atoms with Crippen LogP contribution in [0.3, 0.4) is 0 Å². The number of hydrogen-bond donors (Lipinski definition) is 2. The van der Waals surface area contributed by atoms with E-state index in [0.29, 0.717) is 17.0 Å². The number of aromatic nitrogens is 2. The van der Waals surface area contributed by atoms with Crippen molar-refractivity contribution in [2.24, 2.45) is 0 Å². The highest BCUT2D eigenvalue weighted by Crippen LogP contribution is 2.33. The van der Waals surface area contributed by atoms with E-state index in [4.69, 9.17) is 0 Å². The highest BCUT2D eigenvalue weighted by atomic mass is 19.2. The van der Waals surface area contributed by atoms with Gasteiger partial charge >= 0.3 is 0 Å². The molecule has 6 heteroatoms. The minimum Gasteiger partial charge on any atom is -0.382 e. The zero-order chi connectivity index (χ0) is 20.5. The monoisotopic (exact) mass is 396 g/mol. The lowest BCUT2D eigenvalue weighted by atomic mass is 10.00. The number of nitrogens with zero attached hydrogens (tertiary/aromatic N) is 2. The van der Waals surface area contributed by atoms with Gasteiger partial charge in [0.2, 0.25) is 0 Å². The molecule has 0 unspecified atom stereocenters. The largest absolute Gasteiger partial charge is 0.382 e. The Balaban J connectivity index is 1.77. The first-order valence-electron chi connectivity index (χ1n) is 10.1. The fraction of sp³-hybridized carbons (Fsp3) is 0.348. The summed E-state index contributed by atoms with van der Waals surface area (Å²) in [5.74, 6) is -1.64. The number of piperidine rings is 1. The number of nitrogens with one attached hydrogen (secondary N) is 2. The second kappa shape index (κ2) is 7.85. The van der Waals surface area contributed by atoms with Gasteiger partial charge in [-0.1, -0.05) is 12.6 Å². The van der Waals surface area contributed by atoms with E-state index in [-0.39, 0.29) is 11.6 Å². The average Bonchev–Trinajstić information content (AvgIpc) is 3.13. The molecule has 1 saturated heterocycles. The molecule has 152 valence electrons. The number of rotatable bonds is 5. The van der Waals surface area contributed by atoms with E-state index in [1.807, 2.05) is 26.0 Å². The Morgan fingerprint density at radius 3 is 2.62 bits per heavy atom. The maximum Gasteiger partial charge on any atom is 0.166 e. The van der Waals surface area contributed by atoms with Crippen molar-refractivity contribution in [1.82, 2.24) is 15.5 Å². The normalized spacial score (nSPS) is 14.6. The first kappa shape index (κ1) is 19.4. The Labute approximate surface area is 169 Å². The summed E-state index contributed by atoms with van der Waals surface area (Å²) in [4.78, 5) is 2.13. The Kier molecular flexibility index (Phi) is 5.26. The number of benzene rings is 2. The molecular weight excluding hydrogens is 370 g/mol. The number of hydrogen-bond acceptors (Lipinski definition) is 3. The van der Waals surface area contributed by atoms with Crippen LogP contribution in [0.5, 0.6) is 0 Å². The average molecular weight is 396 g/mol. The Hall–Kier alpha value is -2.89. The van der Waals surface area contributed by atoms with Crippen LogP contribution in [0.1, 0.15) is 38.8 Å². The minimum absolute atomic E-state index is 0.213. The van der Waals surface area contributed by atoms with Gasteiger partial charge in [0.15, 0.2) is 11.6 Å². The van der Waals surface area contributed by atoms with Crippen LogP contribution in [0, 0.1) is 11.6 Å². The van der Waals surface area contributed by atoms with Crippen LogP contribution in [0.4, 0.5) is 14.5 Å². The molecule has 1 aromatic heterocycles. The predicted octanol–water partition coefficient (Wildman–Crippen LogP) is 5.47. The molecule has 0 amide bonds. The zero-order valence-corrected chi connectivity index (χ0v) is 16.9. The lowest BCUT2D eigenvalue weighted by Crippen LogP contribution is -2.29. The summed E-state index contributed by atoms with van der Waals surface area (Å²) in [5.41, 5.74) is 3.82. The highest BCUT2D eigenvalue weighted by Gasteiger charge is 2.19. The molecule has 0 bridgehead atoms. The molecule has 0 radical (unpaired) electrons. The van der Waals surface area contributed by atoms with Crippen LogP contribution < -0.4 is 10.2 Å². The summed E-state index contributed by atoms with van der Waals surface area (Å²) in [6, 6.07) is 8.76. The van der Waals surface area contributed by atoms with Crippen molar-refractivity contribution in [2.45, 2.75) is 39.2 Å². The van der Waals surface area contributed by atoms with E-state index in [2.05, 4.69) is 27.0 Å². The quantitative estimate of drug-likeness (QED) is 0.601. The van der Waals surface area contributed by atoms with Crippen molar-refractivity contribution >= 4 is 22.3 Å². The molecule has 1 aliphatic rings. The first-order valence-corrected chi connectivity index (χ1v) is 10.1. The molecule has 1 fully saturated rings. The van der Waals surface area contributed by atoms with Gasteiger partial charge < -0.3 is 10.2 Å². The summed E-state index contributed by atoms with van der Waals surface area (Å²) in [6.07, 6.45) is 3.33. The van der Waals surface area contributed by atoms with Crippen LogP contribution in [0.15, 0.2) is 36.9 Å². The molecule has 0 aliphatic carbocycles. The Morgan fingerprint density at radius 1 is 1.14 bits per heavy atom. The second-order valence-corrected chi connectivity index (χ2v) is 7.95. The molecule has 2 aromatic carbocycles. The third-order valence-electron chi connectivity index (χ3n) is 5.36. The van der Waals surface area contributed by atoms with E-state index in [1.165, 1.54) is 12.5 Å². The number of anilines is 1. The van der Waals surface area contributed by atoms with Crippen LogP contribution in [-0.4, -0.2) is 29.3 Å². The molecule has 2 heterocycles. The van der Waals surface area contributed by atoms with Crippen molar-refractivity contribution < 1.29 is 8.78 Å². The van der Waals surface area contributed by atoms with Crippen LogP contribution in [0.25, 0.3) is 27.7 Å². The SMILES string of the molecule is C=C(NC(C)C)c1n[nH]c2ccc(-c3cc(N4CCCCC4)cc(F)c3F)cc12. The molecule has 3 aromatic rings. The van der Waals surface area contributed by atoms with Crippen LogP contribution in [0.2, 0.25) is 0 Å². The van der Waals surface area contributed by atoms with Gasteiger partial charge in [-0.2, -0.15) is 5.10 Å². The van der Waals surface area contributed by atoms with Gasteiger partial charge in [-0.15, -0.1) is 0 Å². The second-order valence-electron chi connectivity index (χ2n) is 7.95. The van der Waals surface area contributed by atoms with E-state index in [9.17, 15) is 8.78 Å². The highest BCUT2D eigenvalue weighted by molar-refractivity contribution is 5.93. The summed E-state index contributed by atoms with van der Waals surface area (Å²) in [7, 11) is 0. The lowest BCUT2D eigenvalue weighted by Gasteiger charge is -2.29. The van der Waals surface area contributed by atoms with Crippen molar-refractivity contribution in [3.05, 3.63) is 54.2 Å². The molecular formula is C23H26F2N4. The lowest BCUT2D eigenvalue weighted by molar-refractivity contribution is 0.509. The zero-order valence-electron chi connectivity index (χ0n) is 16.9. The van der Waals surface area contributed by atoms with Crippen molar-refractivity contribution in [2.75, 3.05) is 18.0 Å². The third-order valence-corrected chi connectivity index (χ3v) is 5.36. The number of H-pyrrole nitrogens is 1. The van der Waals surface area contributed by atoms with Gasteiger partial charge in [0.05, 0.1) is 11.2 Å². The van der Waals surface area contributed by atoms with E-state index in [0.717, 1.165) is 42.5 Å². The van der Waals surface area contributed by atoms with Crippen molar-refractivity contribution in [1.29, 1.82) is 0 Å². The fourth-order valence-electron chi connectivity index (χ4n) is 3.95. The van der Waals surface area contributed by atoms with Crippen molar-refractivity contribution in [3.63, 3.8) is 0 Å². The van der Waals surface area contributed by atoms with E-state index >= 15 is 0 Å². The van der Waals surface area contributed by atoms with E-state index in [1.54, 1.807) is 12.1 Å².